The Bertz CT molecular complexity index is 657. The van der Waals surface area contributed by atoms with E-state index in [-0.39, 0.29) is 11.3 Å². The lowest BCUT2D eigenvalue weighted by Crippen LogP contribution is -2.07. The van der Waals surface area contributed by atoms with Crippen LogP contribution in [-0.4, -0.2) is 47.2 Å². The Kier molecular flexibility index (Phi) is 4.51. The van der Waals surface area contributed by atoms with E-state index in [0.717, 1.165) is 0 Å². The first-order valence-corrected chi connectivity index (χ1v) is 7.71. The van der Waals surface area contributed by atoms with Crippen molar-refractivity contribution in [2.24, 2.45) is 9.36 Å². The summed E-state index contributed by atoms with van der Waals surface area (Å²) in [4.78, 5) is 5.79. The quantitative estimate of drug-likeness (QED) is 0.676. The first kappa shape index (κ1) is 15.0. The number of aromatic hydroxyl groups is 1. The molecule has 0 aromatic heterocycles. The average Bonchev–Trinajstić information content (AvgIpc) is 2.23. The number of nitriles is 1. The van der Waals surface area contributed by atoms with Crippen LogP contribution in [0.2, 0.25) is 0 Å². The van der Waals surface area contributed by atoms with Gasteiger partial charge in [-0.2, -0.15) is 9.62 Å². The topological polar surface area (TPSA) is 89.1 Å². The van der Waals surface area contributed by atoms with Crippen molar-refractivity contribution in [2.45, 2.75) is 0 Å². The fourth-order valence-corrected chi connectivity index (χ4v) is 1.91. The molecule has 0 amide bonds. The molecule has 0 spiro atoms. The summed E-state index contributed by atoms with van der Waals surface area (Å²) in [6, 6.07) is 4.71. The molecule has 0 atom stereocenters. The van der Waals surface area contributed by atoms with E-state index in [4.69, 9.17) is 5.26 Å². The molecule has 0 aliphatic heterocycles. The van der Waals surface area contributed by atoms with Gasteiger partial charge in [0.1, 0.15) is 17.4 Å². The molecule has 0 saturated heterocycles. The monoisotopic (exact) mass is 280 g/mol. The SMILES string of the molecule is CN(C)/C=N\c1cc(N=S(C)(C)=O)cc(O)c1C#N. The molecule has 0 aliphatic rings. The minimum Gasteiger partial charge on any atom is -0.506 e. The Balaban J connectivity index is 3.44. The molecule has 7 heteroatoms. The summed E-state index contributed by atoms with van der Waals surface area (Å²) in [6.07, 6.45) is 4.49. The maximum absolute atomic E-state index is 11.6. The summed E-state index contributed by atoms with van der Waals surface area (Å²) in [5, 5.41) is 18.8. The first-order chi connectivity index (χ1) is 8.73. The van der Waals surface area contributed by atoms with Crippen LogP contribution < -0.4 is 0 Å². The van der Waals surface area contributed by atoms with Gasteiger partial charge in [-0.25, -0.2) is 9.20 Å². The third-order valence-corrected chi connectivity index (χ3v) is 2.60. The molecule has 1 rings (SSSR count). The maximum Gasteiger partial charge on any atom is 0.137 e. The lowest BCUT2D eigenvalue weighted by Gasteiger charge is -2.06. The fraction of sp³-hybridized carbons (Fsp3) is 0.333. The number of rotatable bonds is 3. The van der Waals surface area contributed by atoms with Gasteiger partial charge in [-0.15, -0.1) is 0 Å². The molecule has 0 saturated carbocycles. The minimum absolute atomic E-state index is 0.0655. The molecule has 0 unspecified atom stereocenters. The van der Waals surface area contributed by atoms with Crippen molar-refractivity contribution >= 4 is 27.4 Å². The van der Waals surface area contributed by atoms with Crippen LogP contribution in [0.1, 0.15) is 5.56 Å². The summed E-state index contributed by atoms with van der Waals surface area (Å²) < 4.78 is 15.6. The van der Waals surface area contributed by atoms with Crippen molar-refractivity contribution in [1.82, 2.24) is 4.90 Å². The molecule has 1 aromatic rings. The van der Waals surface area contributed by atoms with Gasteiger partial charge in [-0.05, 0) is 6.07 Å². The number of hydrogen-bond acceptors (Lipinski definition) is 5. The summed E-state index contributed by atoms with van der Waals surface area (Å²) in [5.74, 6) is -0.224. The molecule has 0 bridgehead atoms. The molecule has 0 aliphatic carbocycles. The Hall–Kier alpha value is -2.07. The van der Waals surface area contributed by atoms with E-state index < -0.39 is 9.73 Å². The molecule has 0 radical (unpaired) electrons. The Morgan fingerprint density at radius 2 is 2.05 bits per heavy atom. The highest BCUT2D eigenvalue weighted by atomic mass is 32.2. The van der Waals surface area contributed by atoms with E-state index >= 15 is 0 Å². The van der Waals surface area contributed by atoms with E-state index in [1.54, 1.807) is 19.0 Å². The highest BCUT2D eigenvalue weighted by molar-refractivity contribution is 7.92. The lowest BCUT2D eigenvalue weighted by molar-refractivity contribution is 0.474. The molecule has 102 valence electrons. The second kappa shape index (κ2) is 5.71. The highest BCUT2D eigenvalue weighted by Crippen LogP contribution is 2.33. The number of phenolic OH excluding ortho intramolecular Hbond substituents is 1. The molecule has 0 heterocycles. The minimum atomic E-state index is -2.34. The molecule has 1 N–H and O–H groups in total. The van der Waals surface area contributed by atoms with Crippen molar-refractivity contribution in [1.29, 1.82) is 5.26 Å². The maximum atomic E-state index is 11.6. The van der Waals surface area contributed by atoms with E-state index in [2.05, 4.69) is 9.36 Å². The van der Waals surface area contributed by atoms with E-state index in [9.17, 15) is 9.32 Å². The lowest BCUT2D eigenvalue weighted by atomic mass is 10.1. The van der Waals surface area contributed by atoms with E-state index in [1.165, 1.54) is 31.0 Å². The largest absolute Gasteiger partial charge is 0.506 e. The van der Waals surface area contributed by atoms with Crippen molar-refractivity contribution in [3.8, 4) is 11.8 Å². The van der Waals surface area contributed by atoms with Crippen LogP contribution in [0.4, 0.5) is 11.4 Å². The summed E-state index contributed by atoms with van der Waals surface area (Å²) >= 11 is 0. The van der Waals surface area contributed by atoms with Crippen molar-refractivity contribution < 1.29 is 9.32 Å². The van der Waals surface area contributed by atoms with Crippen LogP contribution in [0.5, 0.6) is 5.75 Å². The van der Waals surface area contributed by atoms with Gasteiger partial charge < -0.3 is 10.0 Å². The third-order valence-electron chi connectivity index (χ3n) is 1.95. The first-order valence-electron chi connectivity index (χ1n) is 5.38. The second-order valence-corrected chi connectivity index (χ2v) is 7.00. The number of benzene rings is 1. The van der Waals surface area contributed by atoms with Gasteiger partial charge in [-0.3, -0.25) is 0 Å². The Labute approximate surface area is 113 Å². The van der Waals surface area contributed by atoms with E-state index in [1.807, 2.05) is 6.07 Å². The van der Waals surface area contributed by atoms with Crippen LogP contribution >= 0.6 is 0 Å². The van der Waals surface area contributed by atoms with Crippen molar-refractivity contribution in [3.05, 3.63) is 17.7 Å². The van der Waals surface area contributed by atoms with Gasteiger partial charge in [0.2, 0.25) is 0 Å². The smallest absolute Gasteiger partial charge is 0.137 e. The molecular weight excluding hydrogens is 264 g/mol. The highest BCUT2D eigenvalue weighted by Gasteiger charge is 2.09. The molecular formula is C12H16N4O2S. The zero-order valence-electron chi connectivity index (χ0n) is 11.3. The average molecular weight is 280 g/mol. The summed E-state index contributed by atoms with van der Waals surface area (Å²) in [7, 11) is 1.23. The third kappa shape index (κ3) is 4.60. The van der Waals surface area contributed by atoms with Crippen LogP contribution in [0.3, 0.4) is 0 Å². The zero-order chi connectivity index (χ0) is 14.6. The van der Waals surface area contributed by atoms with Gasteiger partial charge in [0.25, 0.3) is 0 Å². The normalized spacial score (nSPS) is 11.3. The fourth-order valence-electron chi connectivity index (χ4n) is 1.30. The van der Waals surface area contributed by atoms with Gasteiger partial charge in [-0.1, -0.05) is 0 Å². The van der Waals surface area contributed by atoms with Gasteiger partial charge >= 0.3 is 0 Å². The molecule has 0 fully saturated rings. The van der Waals surface area contributed by atoms with Gasteiger partial charge in [0.05, 0.1) is 17.7 Å². The number of aliphatic imine (C=N–C) groups is 1. The molecule has 6 nitrogen and oxygen atoms in total. The number of hydrogen-bond donors (Lipinski definition) is 1. The predicted octanol–water partition coefficient (Wildman–Crippen LogP) is 1.84. The van der Waals surface area contributed by atoms with Crippen molar-refractivity contribution in [3.63, 3.8) is 0 Å². The van der Waals surface area contributed by atoms with Gasteiger partial charge in [0.15, 0.2) is 0 Å². The van der Waals surface area contributed by atoms with Crippen LogP contribution in [0.25, 0.3) is 0 Å². The summed E-state index contributed by atoms with van der Waals surface area (Å²) in [5.41, 5.74) is 0.687. The van der Waals surface area contributed by atoms with Crippen LogP contribution in [-0.2, 0) is 9.73 Å². The van der Waals surface area contributed by atoms with Crippen LogP contribution in [0, 0.1) is 11.3 Å². The van der Waals surface area contributed by atoms with E-state index in [0.29, 0.717) is 11.4 Å². The Morgan fingerprint density at radius 3 is 2.53 bits per heavy atom. The van der Waals surface area contributed by atoms with Crippen molar-refractivity contribution in [2.75, 3.05) is 26.6 Å². The van der Waals surface area contributed by atoms with Crippen LogP contribution in [0.15, 0.2) is 21.5 Å². The Morgan fingerprint density at radius 1 is 1.42 bits per heavy atom. The second-order valence-electron chi connectivity index (χ2n) is 4.45. The molecule has 19 heavy (non-hydrogen) atoms. The standard InChI is InChI=1S/C12H16N4O2S/c1-16(2)8-14-11-5-9(15-19(3,4)18)6-12(17)10(11)7-13/h5-6,8,17H,1-4H3/b14-8-. The number of nitrogens with zero attached hydrogens (tertiary/aromatic N) is 4. The van der Waals surface area contributed by atoms with Gasteiger partial charge in [0, 0.05) is 42.4 Å². The molecule has 1 aromatic carbocycles. The zero-order valence-corrected chi connectivity index (χ0v) is 12.1. The summed E-state index contributed by atoms with van der Waals surface area (Å²) in [6.45, 7) is 0. The predicted molar refractivity (Wildman–Crippen MR) is 76.7 cm³/mol. The number of phenols is 1.